The molecule has 4 aromatic rings. The summed E-state index contributed by atoms with van der Waals surface area (Å²) in [4.78, 5) is 27.4. The molecular formula is C55H80N2O7. The zero-order valence-electron chi connectivity index (χ0n) is 39.5. The van der Waals surface area contributed by atoms with Crippen molar-refractivity contribution in [2.75, 3.05) is 40.4 Å². The van der Waals surface area contributed by atoms with Gasteiger partial charge in [0, 0.05) is 39.3 Å². The highest BCUT2D eigenvalue weighted by Crippen LogP contribution is 2.42. The molecule has 0 aromatic heterocycles. The van der Waals surface area contributed by atoms with Crippen LogP contribution in [0.1, 0.15) is 124 Å². The number of carbonyl (C=O) groups is 2. The zero-order valence-corrected chi connectivity index (χ0v) is 39.5. The summed E-state index contributed by atoms with van der Waals surface area (Å²) in [6.45, 7) is 18.9. The second-order valence-corrected chi connectivity index (χ2v) is 20.3. The van der Waals surface area contributed by atoms with Crippen molar-refractivity contribution in [3.63, 3.8) is 0 Å². The van der Waals surface area contributed by atoms with Gasteiger partial charge in [0.25, 0.3) is 0 Å². The first-order chi connectivity index (χ1) is 30.1. The fraction of sp³-hybridized carbons (Fsp3) is 0.600. The molecule has 0 atom stereocenters. The Morgan fingerprint density at radius 2 is 1.00 bits per heavy atom. The van der Waals surface area contributed by atoms with E-state index < -0.39 is 0 Å². The number of likely N-dealkylation sites (tertiary alicyclic amines) is 2. The lowest BCUT2D eigenvalue weighted by Crippen LogP contribution is -2.49. The van der Waals surface area contributed by atoms with Crippen LogP contribution in [0.2, 0.25) is 0 Å². The molecule has 2 saturated heterocycles. The molecule has 0 radical (unpaired) electrons. The molecule has 2 aliphatic heterocycles. The molecule has 64 heavy (non-hydrogen) atoms. The van der Waals surface area contributed by atoms with Crippen LogP contribution in [0.3, 0.4) is 0 Å². The number of aliphatic hydroxyl groups excluding tert-OH is 1. The number of aliphatic hydroxyl groups is 1. The standard InChI is InChI=1S/C27H37NO3.C16H17NO3.C11H22O.CH4/c1-5-27(2,3)23-9-12-24(13-10-23)31-25-11-8-20-14-19(6-7-21(20)15-25)16-28-17-22(18-28)26(29)30-4;1-20-16(19)14-9-17(10-14)8-11-2-3-13-7-15(18)5-4-12(13)6-11;1-4-11(2,3)9-5-7-10(12)8-6-9;/h6-8,11,14-15,22-24H,5,9-10,12-13,16-18H2,1-4H3;2-7,14,18H,8-10H2,1H3;9-10,12H,4-8H2,1-3H3;1H4. The van der Waals surface area contributed by atoms with Crippen LogP contribution in [0.15, 0.2) is 72.8 Å². The number of esters is 2. The van der Waals surface area contributed by atoms with Crippen molar-refractivity contribution < 1.29 is 34.0 Å². The van der Waals surface area contributed by atoms with Crippen LogP contribution < -0.4 is 4.74 Å². The van der Waals surface area contributed by atoms with Crippen LogP contribution in [0.5, 0.6) is 11.5 Å². The topological polar surface area (TPSA) is 109 Å². The third-order valence-corrected chi connectivity index (χ3v) is 15.3. The van der Waals surface area contributed by atoms with E-state index in [4.69, 9.17) is 14.2 Å². The first-order valence-electron chi connectivity index (χ1n) is 23.8. The Balaban J connectivity index is 0.000000200. The average molecular weight is 881 g/mol. The summed E-state index contributed by atoms with van der Waals surface area (Å²) >= 11 is 0. The molecule has 2 heterocycles. The fourth-order valence-corrected chi connectivity index (χ4v) is 9.96. The molecule has 2 saturated carbocycles. The summed E-state index contributed by atoms with van der Waals surface area (Å²) < 4.78 is 15.9. The first-order valence-corrected chi connectivity index (χ1v) is 23.8. The second kappa shape index (κ2) is 22.8. The van der Waals surface area contributed by atoms with E-state index in [0.717, 1.165) is 93.3 Å². The Hall–Kier alpha value is -4.18. The number of aromatic hydroxyl groups is 1. The van der Waals surface area contributed by atoms with Crippen LogP contribution in [0.25, 0.3) is 21.5 Å². The van der Waals surface area contributed by atoms with E-state index in [1.165, 1.54) is 74.6 Å². The molecule has 352 valence electrons. The van der Waals surface area contributed by atoms with Gasteiger partial charge in [-0.25, -0.2) is 0 Å². The second-order valence-electron chi connectivity index (χ2n) is 20.3. The van der Waals surface area contributed by atoms with E-state index in [0.29, 0.717) is 16.9 Å². The van der Waals surface area contributed by atoms with Gasteiger partial charge in [-0.1, -0.05) is 98.2 Å². The molecule has 0 unspecified atom stereocenters. The summed E-state index contributed by atoms with van der Waals surface area (Å²) in [6, 6.07) is 24.7. The predicted molar refractivity (Wildman–Crippen MR) is 260 cm³/mol. The van der Waals surface area contributed by atoms with Gasteiger partial charge in [0.2, 0.25) is 0 Å². The maximum absolute atomic E-state index is 11.6. The zero-order chi connectivity index (χ0) is 45.3. The van der Waals surface area contributed by atoms with Crippen LogP contribution in [0, 0.1) is 34.5 Å². The van der Waals surface area contributed by atoms with Gasteiger partial charge in [-0.05, 0) is 143 Å². The minimum absolute atomic E-state index is 0. The smallest absolute Gasteiger partial charge is 0.311 e. The lowest BCUT2D eigenvalue weighted by molar-refractivity contribution is -0.152. The Morgan fingerprint density at radius 1 is 0.594 bits per heavy atom. The van der Waals surface area contributed by atoms with Gasteiger partial charge in [-0.3, -0.25) is 19.4 Å². The summed E-state index contributed by atoms with van der Waals surface area (Å²) in [5.74, 6) is 2.79. The van der Waals surface area contributed by atoms with Gasteiger partial charge in [0.1, 0.15) is 11.5 Å². The largest absolute Gasteiger partial charge is 0.508 e. The number of ether oxygens (including phenoxy) is 3. The van der Waals surface area contributed by atoms with Crippen molar-refractivity contribution in [3.8, 4) is 11.5 Å². The molecule has 9 heteroatoms. The maximum Gasteiger partial charge on any atom is 0.311 e. The Labute approximate surface area is 384 Å². The van der Waals surface area contributed by atoms with Crippen LogP contribution in [0.4, 0.5) is 0 Å². The van der Waals surface area contributed by atoms with Gasteiger partial charge < -0.3 is 24.4 Å². The van der Waals surface area contributed by atoms with E-state index in [1.807, 2.05) is 12.1 Å². The molecule has 4 fully saturated rings. The van der Waals surface area contributed by atoms with Crippen molar-refractivity contribution in [1.82, 2.24) is 9.80 Å². The number of methoxy groups -OCH3 is 2. The molecule has 0 bridgehead atoms. The number of phenolic OH excluding ortho intramolecular Hbond substituents is 1. The SMILES string of the molecule is C.CCC(C)(C)C1CCC(O)CC1.CCC(C)(C)C1CCC(Oc2ccc3cc(CN4CC(C(=O)OC)C4)ccc3c2)CC1.COC(=O)C1CN(Cc2ccc3cc(O)ccc3c2)C1. The van der Waals surface area contributed by atoms with E-state index in [-0.39, 0.29) is 43.1 Å². The molecule has 2 N–H and O–H groups in total. The highest BCUT2D eigenvalue weighted by Gasteiger charge is 2.35. The summed E-state index contributed by atoms with van der Waals surface area (Å²) in [5, 5.41) is 23.4. The molecule has 4 aromatic carbocycles. The minimum Gasteiger partial charge on any atom is -0.508 e. The quantitative estimate of drug-likeness (QED) is 0.134. The van der Waals surface area contributed by atoms with Gasteiger partial charge >= 0.3 is 11.9 Å². The highest BCUT2D eigenvalue weighted by atomic mass is 16.5. The van der Waals surface area contributed by atoms with E-state index in [2.05, 4.69) is 99.9 Å². The molecule has 0 spiro atoms. The van der Waals surface area contributed by atoms with Crippen molar-refractivity contribution in [1.29, 1.82) is 0 Å². The van der Waals surface area contributed by atoms with Crippen LogP contribution >= 0.6 is 0 Å². The van der Waals surface area contributed by atoms with E-state index in [1.54, 1.807) is 12.1 Å². The lowest BCUT2D eigenvalue weighted by Gasteiger charge is -2.38. The van der Waals surface area contributed by atoms with Crippen molar-refractivity contribution in [2.24, 2.45) is 34.5 Å². The fourth-order valence-electron chi connectivity index (χ4n) is 9.96. The number of rotatable bonds is 12. The summed E-state index contributed by atoms with van der Waals surface area (Å²) in [7, 11) is 2.90. The van der Waals surface area contributed by atoms with Gasteiger partial charge in [0.05, 0.1) is 38.3 Å². The highest BCUT2D eigenvalue weighted by molar-refractivity contribution is 5.85. The molecule has 9 nitrogen and oxygen atoms in total. The van der Waals surface area contributed by atoms with Gasteiger partial charge in [-0.2, -0.15) is 0 Å². The summed E-state index contributed by atoms with van der Waals surface area (Å²) in [5.41, 5.74) is 3.43. The Bertz CT molecular complexity index is 2100. The normalized spacial score (nSPS) is 22.1. The number of benzene rings is 4. The first kappa shape index (κ1) is 50.8. The Morgan fingerprint density at radius 3 is 1.45 bits per heavy atom. The van der Waals surface area contributed by atoms with Crippen molar-refractivity contribution >= 4 is 33.5 Å². The Kier molecular flexibility index (Phi) is 18.1. The van der Waals surface area contributed by atoms with Crippen molar-refractivity contribution in [2.45, 2.75) is 138 Å². The minimum atomic E-state index is -0.116. The third kappa shape index (κ3) is 13.4. The monoisotopic (exact) mass is 881 g/mol. The number of hydrogen-bond acceptors (Lipinski definition) is 9. The molecule has 8 rings (SSSR count). The lowest BCUT2D eigenvalue weighted by atomic mass is 9.69. The van der Waals surface area contributed by atoms with Crippen molar-refractivity contribution in [3.05, 3.63) is 83.9 Å². The maximum atomic E-state index is 11.6. The van der Waals surface area contributed by atoms with E-state index in [9.17, 15) is 19.8 Å². The summed E-state index contributed by atoms with van der Waals surface area (Å²) in [6.07, 6.45) is 12.2. The number of phenols is 1. The number of fused-ring (bicyclic) bond motifs is 2. The number of nitrogens with zero attached hydrogens (tertiary/aromatic N) is 2. The molecule has 4 aliphatic rings. The van der Waals surface area contributed by atoms with Gasteiger partial charge in [0.15, 0.2) is 0 Å². The average Bonchev–Trinajstić information content (AvgIpc) is 3.26. The third-order valence-electron chi connectivity index (χ3n) is 15.3. The van der Waals surface area contributed by atoms with Crippen LogP contribution in [-0.2, 0) is 32.2 Å². The number of carbonyl (C=O) groups excluding carboxylic acids is 2. The van der Waals surface area contributed by atoms with E-state index >= 15 is 0 Å². The number of hydrogen-bond donors (Lipinski definition) is 2. The molecule has 2 aliphatic carbocycles. The molecular weight excluding hydrogens is 801 g/mol. The molecule has 0 amide bonds. The predicted octanol–water partition coefficient (Wildman–Crippen LogP) is 11.6. The van der Waals surface area contributed by atoms with Gasteiger partial charge in [-0.15, -0.1) is 0 Å². The van der Waals surface area contributed by atoms with Crippen LogP contribution in [-0.4, -0.2) is 84.6 Å².